The molecule has 1 aromatic heterocycles. The number of hydrogen-bond acceptors (Lipinski definition) is 2. The van der Waals surface area contributed by atoms with E-state index in [9.17, 15) is 13.2 Å². The molecule has 1 N–H and O–H groups in total. The summed E-state index contributed by atoms with van der Waals surface area (Å²) in [5.41, 5.74) is 6.36. The van der Waals surface area contributed by atoms with Crippen molar-refractivity contribution >= 4 is 5.69 Å². The minimum atomic E-state index is -4.42. The van der Waals surface area contributed by atoms with Gasteiger partial charge in [-0.2, -0.15) is 18.3 Å². The maximum atomic E-state index is 13.6. The number of hydrogen-bond donors (Lipinski definition) is 1. The molecule has 1 aliphatic rings. The van der Waals surface area contributed by atoms with Crippen LogP contribution in [0.3, 0.4) is 0 Å². The van der Waals surface area contributed by atoms with Crippen LogP contribution in [-0.2, 0) is 13.2 Å². The van der Waals surface area contributed by atoms with Gasteiger partial charge in [0.05, 0.1) is 22.6 Å². The number of nitrogens with one attached hydrogen (secondary N) is 1. The van der Waals surface area contributed by atoms with Gasteiger partial charge in [-0.1, -0.05) is 35.9 Å². The summed E-state index contributed by atoms with van der Waals surface area (Å²) in [5.74, 6) is 0.0600. The number of halogens is 3. The highest BCUT2D eigenvalue weighted by Crippen LogP contribution is 2.45. The quantitative estimate of drug-likeness (QED) is 0.575. The first-order valence-corrected chi connectivity index (χ1v) is 9.73. The van der Waals surface area contributed by atoms with Crippen LogP contribution >= 0.6 is 0 Å². The molecule has 0 spiro atoms. The Kier molecular flexibility index (Phi) is 4.68. The zero-order valence-electron chi connectivity index (χ0n) is 17.0. The predicted molar refractivity (Wildman–Crippen MR) is 109 cm³/mol. The van der Waals surface area contributed by atoms with Gasteiger partial charge in [-0.05, 0) is 49.9 Å². The SMILES string of the molecule is Cc1cc(C)c(C2CCNc3c2nn(C)c3-c2ccccc2C(F)(F)F)c(C)c1. The Labute approximate surface area is 168 Å². The Hall–Kier alpha value is -2.76. The number of aryl methyl sites for hydroxylation is 4. The Morgan fingerprint density at radius 1 is 1.07 bits per heavy atom. The van der Waals surface area contributed by atoms with Crippen molar-refractivity contribution in [2.45, 2.75) is 39.3 Å². The molecule has 1 unspecified atom stereocenters. The Balaban J connectivity index is 1.91. The summed E-state index contributed by atoms with van der Waals surface area (Å²) >= 11 is 0. The molecular weight excluding hydrogens is 375 g/mol. The van der Waals surface area contributed by atoms with E-state index in [-0.39, 0.29) is 11.5 Å². The second-order valence-corrected chi connectivity index (χ2v) is 7.86. The van der Waals surface area contributed by atoms with E-state index in [1.165, 1.54) is 34.4 Å². The van der Waals surface area contributed by atoms with Crippen LogP contribution in [0.1, 0.15) is 45.8 Å². The average molecular weight is 399 g/mol. The summed E-state index contributed by atoms with van der Waals surface area (Å²) in [6, 6.07) is 10.0. The summed E-state index contributed by atoms with van der Waals surface area (Å²) in [6.45, 7) is 6.96. The van der Waals surface area contributed by atoms with E-state index in [0.717, 1.165) is 18.2 Å². The molecule has 2 aromatic carbocycles. The van der Waals surface area contributed by atoms with E-state index >= 15 is 0 Å². The third kappa shape index (κ3) is 3.30. The van der Waals surface area contributed by atoms with E-state index < -0.39 is 11.7 Å². The molecule has 0 bridgehead atoms. The van der Waals surface area contributed by atoms with Crippen molar-refractivity contribution in [3.8, 4) is 11.3 Å². The molecule has 6 heteroatoms. The van der Waals surface area contributed by atoms with E-state index in [0.29, 0.717) is 17.9 Å². The van der Waals surface area contributed by atoms with Gasteiger partial charge in [0.25, 0.3) is 0 Å². The molecule has 1 aliphatic heterocycles. The van der Waals surface area contributed by atoms with Crippen molar-refractivity contribution in [1.29, 1.82) is 0 Å². The Morgan fingerprint density at radius 2 is 1.72 bits per heavy atom. The average Bonchev–Trinajstić information content (AvgIpc) is 2.96. The van der Waals surface area contributed by atoms with Gasteiger partial charge in [0, 0.05) is 25.1 Å². The van der Waals surface area contributed by atoms with Crippen LogP contribution in [0.4, 0.5) is 18.9 Å². The molecule has 29 heavy (non-hydrogen) atoms. The van der Waals surface area contributed by atoms with Gasteiger partial charge in [-0.3, -0.25) is 4.68 Å². The highest BCUT2D eigenvalue weighted by molar-refractivity contribution is 5.80. The van der Waals surface area contributed by atoms with Gasteiger partial charge < -0.3 is 5.32 Å². The van der Waals surface area contributed by atoms with Crippen LogP contribution in [0, 0.1) is 20.8 Å². The first-order valence-electron chi connectivity index (χ1n) is 9.73. The Bertz CT molecular complexity index is 1060. The van der Waals surface area contributed by atoms with E-state index in [1.807, 2.05) is 0 Å². The zero-order valence-corrected chi connectivity index (χ0v) is 17.0. The molecule has 152 valence electrons. The number of benzene rings is 2. The largest absolute Gasteiger partial charge is 0.417 e. The highest BCUT2D eigenvalue weighted by atomic mass is 19.4. The topological polar surface area (TPSA) is 29.9 Å². The molecule has 1 atom stereocenters. The van der Waals surface area contributed by atoms with Crippen LogP contribution in [-0.4, -0.2) is 16.3 Å². The van der Waals surface area contributed by atoms with Crippen molar-refractivity contribution in [3.63, 3.8) is 0 Å². The van der Waals surface area contributed by atoms with Crippen molar-refractivity contribution < 1.29 is 13.2 Å². The molecule has 0 aliphatic carbocycles. The van der Waals surface area contributed by atoms with E-state index in [4.69, 9.17) is 5.10 Å². The van der Waals surface area contributed by atoms with Crippen molar-refractivity contribution in [3.05, 3.63) is 69.9 Å². The van der Waals surface area contributed by atoms with Gasteiger partial charge in [-0.15, -0.1) is 0 Å². The normalized spacial score (nSPS) is 16.4. The number of alkyl halides is 3. The number of rotatable bonds is 2. The fourth-order valence-electron chi connectivity index (χ4n) is 4.71. The second-order valence-electron chi connectivity index (χ2n) is 7.86. The van der Waals surface area contributed by atoms with Gasteiger partial charge >= 0.3 is 6.18 Å². The molecule has 0 saturated carbocycles. The number of nitrogens with zero attached hydrogens (tertiary/aromatic N) is 2. The van der Waals surface area contributed by atoms with Gasteiger partial charge in [-0.25, -0.2) is 0 Å². The van der Waals surface area contributed by atoms with Crippen LogP contribution < -0.4 is 5.32 Å². The maximum absolute atomic E-state index is 13.6. The zero-order chi connectivity index (χ0) is 20.9. The van der Waals surface area contributed by atoms with Crippen molar-refractivity contribution in [2.24, 2.45) is 7.05 Å². The third-order valence-electron chi connectivity index (χ3n) is 5.71. The molecular formula is C23H24F3N3. The van der Waals surface area contributed by atoms with Crippen LogP contribution in [0.15, 0.2) is 36.4 Å². The lowest BCUT2D eigenvalue weighted by Crippen LogP contribution is -2.19. The Morgan fingerprint density at radius 3 is 2.38 bits per heavy atom. The number of aromatic nitrogens is 2. The van der Waals surface area contributed by atoms with E-state index in [1.54, 1.807) is 17.8 Å². The number of anilines is 1. The van der Waals surface area contributed by atoms with Gasteiger partial charge in [0.1, 0.15) is 0 Å². The maximum Gasteiger partial charge on any atom is 0.417 e. The third-order valence-corrected chi connectivity index (χ3v) is 5.71. The molecule has 3 aromatic rings. The predicted octanol–water partition coefficient (Wildman–Crippen LogP) is 5.98. The minimum absolute atomic E-state index is 0.0600. The molecule has 0 amide bonds. The molecule has 0 radical (unpaired) electrons. The molecule has 2 heterocycles. The first kappa shape index (κ1) is 19.6. The first-order chi connectivity index (χ1) is 13.7. The van der Waals surface area contributed by atoms with Crippen LogP contribution in [0.2, 0.25) is 0 Å². The summed E-state index contributed by atoms with van der Waals surface area (Å²) in [5, 5.41) is 8.03. The fraction of sp³-hybridized carbons (Fsp3) is 0.348. The van der Waals surface area contributed by atoms with Gasteiger partial charge in [0.2, 0.25) is 0 Å². The number of fused-ring (bicyclic) bond motifs is 1. The lowest BCUT2D eigenvalue weighted by atomic mass is 9.83. The van der Waals surface area contributed by atoms with Crippen LogP contribution in [0.25, 0.3) is 11.3 Å². The molecule has 3 nitrogen and oxygen atoms in total. The minimum Gasteiger partial charge on any atom is -0.382 e. The lowest BCUT2D eigenvalue weighted by Gasteiger charge is -2.27. The molecule has 0 fully saturated rings. The lowest BCUT2D eigenvalue weighted by molar-refractivity contribution is -0.137. The molecule has 0 saturated heterocycles. The smallest absolute Gasteiger partial charge is 0.382 e. The summed E-state index contributed by atoms with van der Waals surface area (Å²) in [6.07, 6.45) is -3.57. The van der Waals surface area contributed by atoms with Crippen molar-refractivity contribution in [1.82, 2.24) is 9.78 Å². The van der Waals surface area contributed by atoms with Crippen LogP contribution in [0.5, 0.6) is 0 Å². The molecule has 4 rings (SSSR count). The summed E-state index contributed by atoms with van der Waals surface area (Å²) in [7, 11) is 1.72. The highest BCUT2D eigenvalue weighted by Gasteiger charge is 2.37. The standard InChI is InChI=1S/C23H24F3N3/c1-13-11-14(2)19(15(3)12-13)17-9-10-27-21-20(17)28-29(4)22(21)16-7-5-6-8-18(16)23(24,25)26/h5-8,11-12,17,27H,9-10H2,1-4H3. The summed E-state index contributed by atoms with van der Waals surface area (Å²) in [4.78, 5) is 0. The monoisotopic (exact) mass is 399 g/mol. The fourth-order valence-corrected chi connectivity index (χ4v) is 4.71. The second kappa shape index (κ2) is 6.94. The van der Waals surface area contributed by atoms with Crippen molar-refractivity contribution in [2.75, 3.05) is 11.9 Å². The summed E-state index contributed by atoms with van der Waals surface area (Å²) < 4.78 is 42.5. The van der Waals surface area contributed by atoms with E-state index in [2.05, 4.69) is 38.2 Å². The van der Waals surface area contributed by atoms with Gasteiger partial charge in [0.15, 0.2) is 0 Å².